The maximum absolute atomic E-state index is 11.7. The van der Waals surface area contributed by atoms with Crippen LogP contribution in [0.2, 0.25) is 5.02 Å². The van der Waals surface area contributed by atoms with Crippen molar-refractivity contribution in [3.8, 4) is 11.5 Å². The predicted molar refractivity (Wildman–Crippen MR) is 83.4 cm³/mol. The summed E-state index contributed by atoms with van der Waals surface area (Å²) in [6.45, 7) is 3.98. The van der Waals surface area contributed by atoms with E-state index in [4.69, 9.17) is 16.0 Å². The third kappa shape index (κ3) is 4.47. The minimum Gasteiger partial charge on any atom is -0.411 e. The first kappa shape index (κ1) is 15.9. The number of hydrogen-bond donors (Lipinski definition) is 1. The van der Waals surface area contributed by atoms with Crippen molar-refractivity contribution in [3.05, 3.63) is 29.3 Å². The summed E-state index contributed by atoms with van der Waals surface area (Å²) in [6, 6.07) is 7.40. The van der Waals surface area contributed by atoms with Crippen molar-refractivity contribution in [2.75, 3.05) is 5.75 Å². The highest BCUT2D eigenvalue weighted by molar-refractivity contribution is 7.99. The molecule has 2 aromatic rings. The summed E-state index contributed by atoms with van der Waals surface area (Å²) >= 11 is 7.28. The van der Waals surface area contributed by atoms with Crippen LogP contribution >= 0.6 is 23.4 Å². The second kappa shape index (κ2) is 7.47. The van der Waals surface area contributed by atoms with E-state index in [1.54, 1.807) is 12.1 Å². The van der Waals surface area contributed by atoms with Gasteiger partial charge in [-0.25, -0.2) is 0 Å². The molecule has 0 aliphatic rings. The second-order valence-electron chi connectivity index (χ2n) is 4.52. The third-order valence-electron chi connectivity index (χ3n) is 2.86. The number of thioether (sulfide) groups is 1. The number of halogens is 1. The Kier molecular flexibility index (Phi) is 5.64. The summed E-state index contributed by atoms with van der Waals surface area (Å²) in [5.41, 5.74) is 0.683. The molecule has 21 heavy (non-hydrogen) atoms. The van der Waals surface area contributed by atoms with E-state index in [0.717, 1.165) is 6.42 Å². The average Bonchev–Trinajstić information content (AvgIpc) is 2.94. The Labute approximate surface area is 132 Å². The first-order valence-electron chi connectivity index (χ1n) is 6.60. The van der Waals surface area contributed by atoms with Gasteiger partial charge in [0.25, 0.3) is 5.22 Å². The van der Waals surface area contributed by atoms with Crippen molar-refractivity contribution in [2.24, 2.45) is 0 Å². The first-order chi connectivity index (χ1) is 10.1. The molecule has 0 aliphatic carbocycles. The second-order valence-corrected chi connectivity index (χ2v) is 5.85. The molecule has 1 heterocycles. The molecule has 0 radical (unpaired) electrons. The van der Waals surface area contributed by atoms with Gasteiger partial charge in [0.05, 0.1) is 16.3 Å². The maximum atomic E-state index is 11.7. The molecule has 1 atom stereocenters. The van der Waals surface area contributed by atoms with Gasteiger partial charge in [-0.3, -0.25) is 4.79 Å². The van der Waals surface area contributed by atoms with Crippen molar-refractivity contribution in [1.82, 2.24) is 15.5 Å². The Morgan fingerprint density at radius 3 is 2.90 bits per heavy atom. The Bertz CT molecular complexity index is 618. The number of nitrogens with one attached hydrogen (secondary N) is 1. The van der Waals surface area contributed by atoms with Crippen LogP contribution in [0, 0.1) is 0 Å². The molecule has 0 saturated heterocycles. The zero-order valence-corrected chi connectivity index (χ0v) is 13.4. The Morgan fingerprint density at radius 2 is 2.19 bits per heavy atom. The predicted octanol–water partition coefficient (Wildman–Crippen LogP) is 3.40. The fraction of sp³-hybridized carbons (Fsp3) is 0.357. The fourth-order valence-corrected chi connectivity index (χ4v) is 2.35. The van der Waals surface area contributed by atoms with E-state index >= 15 is 0 Å². The van der Waals surface area contributed by atoms with Gasteiger partial charge >= 0.3 is 0 Å². The number of nitrogens with zero attached hydrogens (tertiary/aromatic N) is 2. The van der Waals surface area contributed by atoms with Gasteiger partial charge in [-0.05, 0) is 25.5 Å². The molecule has 2 rings (SSSR count). The quantitative estimate of drug-likeness (QED) is 0.824. The lowest BCUT2D eigenvalue weighted by atomic mass is 10.2. The molecule has 5 nitrogen and oxygen atoms in total. The Hall–Kier alpha value is -1.53. The van der Waals surface area contributed by atoms with Crippen LogP contribution in [0.5, 0.6) is 0 Å². The Balaban J connectivity index is 1.95. The lowest BCUT2D eigenvalue weighted by molar-refractivity contribution is -0.119. The molecule has 1 amide bonds. The highest BCUT2D eigenvalue weighted by Gasteiger charge is 2.13. The summed E-state index contributed by atoms with van der Waals surface area (Å²) in [6.07, 6.45) is 0.896. The van der Waals surface area contributed by atoms with Crippen molar-refractivity contribution < 1.29 is 9.21 Å². The molecule has 0 saturated carbocycles. The molecule has 112 valence electrons. The molecular formula is C14H16ClN3O2S. The van der Waals surface area contributed by atoms with Crippen LogP contribution in [0.4, 0.5) is 0 Å². The van der Waals surface area contributed by atoms with Gasteiger partial charge in [-0.2, -0.15) is 0 Å². The molecule has 1 aromatic carbocycles. The largest absolute Gasteiger partial charge is 0.411 e. The van der Waals surface area contributed by atoms with Gasteiger partial charge in [0.2, 0.25) is 11.8 Å². The summed E-state index contributed by atoms with van der Waals surface area (Å²) in [4.78, 5) is 11.7. The van der Waals surface area contributed by atoms with Crippen molar-refractivity contribution in [1.29, 1.82) is 0 Å². The van der Waals surface area contributed by atoms with E-state index in [9.17, 15) is 4.79 Å². The molecule has 1 N–H and O–H groups in total. The highest BCUT2D eigenvalue weighted by Crippen LogP contribution is 2.28. The standard InChI is InChI=1S/C14H16ClN3O2S/c1-3-9(2)16-12(19)8-21-14-18-17-13(20-14)10-6-4-5-7-11(10)15/h4-7,9H,3,8H2,1-2H3,(H,16,19). The number of aromatic nitrogens is 2. The van der Waals surface area contributed by atoms with Crippen LogP contribution in [-0.2, 0) is 4.79 Å². The zero-order chi connectivity index (χ0) is 15.2. The van der Waals surface area contributed by atoms with E-state index in [1.165, 1.54) is 11.8 Å². The lowest BCUT2D eigenvalue weighted by Crippen LogP contribution is -2.33. The van der Waals surface area contributed by atoms with Crippen molar-refractivity contribution >= 4 is 29.3 Å². The number of hydrogen-bond acceptors (Lipinski definition) is 5. The SMILES string of the molecule is CCC(C)NC(=O)CSc1nnc(-c2ccccc2Cl)o1. The van der Waals surface area contributed by atoms with Crippen LogP contribution in [0.25, 0.3) is 11.5 Å². The van der Waals surface area contributed by atoms with Gasteiger partial charge in [0.1, 0.15) is 0 Å². The molecule has 0 fully saturated rings. The van der Waals surface area contributed by atoms with Crippen LogP contribution in [0.3, 0.4) is 0 Å². The molecule has 0 aliphatic heterocycles. The van der Waals surface area contributed by atoms with Crippen LogP contribution in [-0.4, -0.2) is 27.9 Å². The van der Waals surface area contributed by atoms with Gasteiger partial charge in [-0.1, -0.05) is 42.4 Å². The van der Waals surface area contributed by atoms with Crippen LogP contribution in [0.1, 0.15) is 20.3 Å². The monoisotopic (exact) mass is 325 g/mol. The fourth-order valence-electron chi connectivity index (χ4n) is 1.56. The van der Waals surface area contributed by atoms with Gasteiger partial charge in [0.15, 0.2) is 0 Å². The summed E-state index contributed by atoms with van der Waals surface area (Å²) in [5.74, 6) is 0.548. The van der Waals surface area contributed by atoms with E-state index in [2.05, 4.69) is 15.5 Å². The molecule has 7 heteroatoms. The summed E-state index contributed by atoms with van der Waals surface area (Å²) in [5, 5.41) is 11.6. The van der Waals surface area contributed by atoms with E-state index in [0.29, 0.717) is 21.7 Å². The summed E-state index contributed by atoms with van der Waals surface area (Å²) in [7, 11) is 0. The van der Waals surface area contributed by atoms with E-state index in [-0.39, 0.29) is 17.7 Å². The van der Waals surface area contributed by atoms with Gasteiger partial charge in [0, 0.05) is 6.04 Å². The first-order valence-corrected chi connectivity index (χ1v) is 7.97. The number of benzene rings is 1. The van der Waals surface area contributed by atoms with Gasteiger partial charge < -0.3 is 9.73 Å². The molecular weight excluding hydrogens is 310 g/mol. The lowest BCUT2D eigenvalue weighted by Gasteiger charge is -2.09. The Morgan fingerprint density at radius 1 is 1.43 bits per heavy atom. The minimum atomic E-state index is -0.0492. The van der Waals surface area contributed by atoms with E-state index in [1.807, 2.05) is 26.0 Å². The van der Waals surface area contributed by atoms with Crippen LogP contribution in [0.15, 0.2) is 33.9 Å². The normalized spacial score (nSPS) is 12.1. The van der Waals surface area contributed by atoms with E-state index < -0.39 is 0 Å². The molecule has 0 bridgehead atoms. The number of amides is 1. The summed E-state index contributed by atoms with van der Waals surface area (Å²) < 4.78 is 5.51. The molecule has 1 aromatic heterocycles. The number of rotatable bonds is 6. The molecule has 1 unspecified atom stereocenters. The van der Waals surface area contributed by atoms with Crippen molar-refractivity contribution in [2.45, 2.75) is 31.5 Å². The van der Waals surface area contributed by atoms with Crippen LogP contribution < -0.4 is 5.32 Å². The van der Waals surface area contributed by atoms with Gasteiger partial charge in [-0.15, -0.1) is 10.2 Å². The minimum absolute atomic E-state index is 0.0492. The maximum Gasteiger partial charge on any atom is 0.277 e. The smallest absolute Gasteiger partial charge is 0.277 e. The van der Waals surface area contributed by atoms with Crippen molar-refractivity contribution in [3.63, 3.8) is 0 Å². The average molecular weight is 326 g/mol. The third-order valence-corrected chi connectivity index (χ3v) is 4.01. The zero-order valence-electron chi connectivity index (χ0n) is 11.8. The topological polar surface area (TPSA) is 68.0 Å². The highest BCUT2D eigenvalue weighted by atomic mass is 35.5. The number of carbonyl (C=O) groups is 1. The molecule has 0 spiro atoms. The number of carbonyl (C=O) groups excluding carboxylic acids is 1.